The van der Waals surface area contributed by atoms with Crippen LogP contribution < -0.4 is 11.1 Å². The molecule has 1 unspecified atom stereocenters. The standard InChI is InChI=1S/C19H18F2N4/c1-11-10-24-19(25-11)13-8-15(18(23)16(21)9-13)17(22)7-4-12-2-5-14(20)6-3-12/h2-9,11,22H,10,23H2,1H3,(H,24,25)/b7-4+,22-17?. The average molecular weight is 340 g/mol. The van der Waals surface area contributed by atoms with Gasteiger partial charge in [-0.25, -0.2) is 8.78 Å². The first kappa shape index (κ1) is 16.8. The molecule has 1 aliphatic rings. The molecular weight excluding hydrogens is 322 g/mol. The fourth-order valence-electron chi connectivity index (χ4n) is 2.55. The molecule has 4 N–H and O–H groups in total. The van der Waals surface area contributed by atoms with Gasteiger partial charge in [-0.1, -0.05) is 18.2 Å². The second kappa shape index (κ2) is 6.84. The van der Waals surface area contributed by atoms with Crippen LogP contribution in [-0.4, -0.2) is 24.1 Å². The molecule has 25 heavy (non-hydrogen) atoms. The van der Waals surface area contributed by atoms with Crippen LogP contribution in [0, 0.1) is 17.0 Å². The molecule has 3 rings (SSSR count). The summed E-state index contributed by atoms with van der Waals surface area (Å²) in [5.74, 6) is -0.315. The van der Waals surface area contributed by atoms with Crippen LogP contribution in [0.5, 0.6) is 0 Å². The van der Waals surface area contributed by atoms with Gasteiger partial charge >= 0.3 is 0 Å². The van der Waals surface area contributed by atoms with E-state index in [2.05, 4.69) is 10.3 Å². The van der Waals surface area contributed by atoms with Crippen LogP contribution >= 0.6 is 0 Å². The number of anilines is 1. The predicted molar refractivity (Wildman–Crippen MR) is 97.1 cm³/mol. The fraction of sp³-hybridized carbons (Fsp3) is 0.158. The first-order valence-corrected chi connectivity index (χ1v) is 7.87. The Morgan fingerprint density at radius 3 is 2.64 bits per heavy atom. The van der Waals surface area contributed by atoms with Crippen LogP contribution in [0.2, 0.25) is 0 Å². The van der Waals surface area contributed by atoms with Crippen LogP contribution in [-0.2, 0) is 0 Å². The lowest BCUT2D eigenvalue weighted by Crippen LogP contribution is -2.28. The van der Waals surface area contributed by atoms with Gasteiger partial charge in [0.1, 0.15) is 17.5 Å². The highest BCUT2D eigenvalue weighted by Gasteiger charge is 2.18. The summed E-state index contributed by atoms with van der Waals surface area (Å²) in [6.07, 6.45) is 3.16. The number of hydrogen-bond acceptors (Lipinski definition) is 4. The van der Waals surface area contributed by atoms with Gasteiger partial charge in [-0.3, -0.25) is 4.99 Å². The van der Waals surface area contributed by atoms with Gasteiger partial charge in [0.2, 0.25) is 0 Å². The summed E-state index contributed by atoms with van der Waals surface area (Å²) in [5, 5.41) is 11.4. The number of nitrogens with one attached hydrogen (secondary N) is 2. The third kappa shape index (κ3) is 3.74. The van der Waals surface area contributed by atoms with Crippen LogP contribution in [0.25, 0.3) is 6.08 Å². The number of allylic oxidation sites excluding steroid dienone is 1. The number of hydrogen-bond donors (Lipinski definition) is 3. The normalized spacial score (nSPS) is 16.8. The smallest absolute Gasteiger partial charge is 0.147 e. The highest BCUT2D eigenvalue weighted by molar-refractivity contribution is 6.13. The van der Waals surface area contributed by atoms with E-state index in [1.54, 1.807) is 24.3 Å². The van der Waals surface area contributed by atoms with E-state index in [1.807, 2.05) is 6.92 Å². The van der Waals surface area contributed by atoms with Gasteiger partial charge in [0.15, 0.2) is 0 Å². The number of nitrogens with two attached hydrogens (primary N) is 1. The van der Waals surface area contributed by atoms with Gasteiger partial charge in [0.25, 0.3) is 0 Å². The van der Waals surface area contributed by atoms with Gasteiger partial charge in [-0.15, -0.1) is 0 Å². The molecule has 6 heteroatoms. The lowest BCUT2D eigenvalue weighted by Gasteiger charge is -2.11. The maximum absolute atomic E-state index is 14.2. The quantitative estimate of drug-likeness (QED) is 0.590. The zero-order valence-electron chi connectivity index (χ0n) is 13.7. The molecule has 0 aromatic heterocycles. The summed E-state index contributed by atoms with van der Waals surface area (Å²) in [4.78, 5) is 4.33. The van der Waals surface area contributed by atoms with Gasteiger partial charge in [0, 0.05) is 17.2 Å². The highest BCUT2D eigenvalue weighted by Crippen LogP contribution is 2.21. The van der Waals surface area contributed by atoms with Crippen molar-refractivity contribution in [2.45, 2.75) is 13.0 Å². The second-order valence-corrected chi connectivity index (χ2v) is 5.95. The van der Waals surface area contributed by atoms with Crippen molar-refractivity contribution in [2.24, 2.45) is 4.99 Å². The Bertz CT molecular complexity index is 870. The Morgan fingerprint density at radius 2 is 2.00 bits per heavy atom. The summed E-state index contributed by atoms with van der Waals surface area (Å²) in [6.45, 7) is 2.61. The number of nitrogens with zero attached hydrogens (tertiary/aromatic N) is 1. The van der Waals surface area contributed by atoms with Crippen molar-refractivity contribution >= 4 is 23.3 Å². The molecule has 0 saturated heterocycles. The molecule has 0 saturated carbocycles. The first-order chi connectivity index (χ1) is 11.9. The molecule has 0 fully saturated rings. The van der Waals surface area contributed by atoms with Crippen molar-refractivity contribution in [3.05, 3.63) is 70.8 Å². The zero-order valence-corrected chi connectivity index (χ0v) is 13.7. The molecule has 1 heterocycles. The Morgan fingerprint density at radius 1 is 1.28 bits per heavy atom. The lowest BCUT2D eigenvalue weighted by molar-refractivity contribution is 0.627. The van der Waals surface area contributed by atoms with E-state index in [-0.39, 0.29) is 28.8 Å². The third-order valence-electron chi connectivity index (χ3n) is 3.91. The summed E-state index contributed by atoms with van der Waals surface area (Å²) in [5.41, 5.74) is 7.38. The second-order valence-electron chi connectivity index (χ2n) is 5.95. The summed E-state index contributed by atoms with van der Waals surface area (Å²) in [7, 11) is 0. The maximum atomic E-state index is 14.2. The number of benzene rings is 2. The van der Waals surface area contributed by atoms with Crippen molar-refractivity contribution in [3.8, 4) is 0 Å². The number of nitrogen functional groups attached to an aromatic ring is 1. The molecule has 128 valence electrons. The Hall–Kier alpha value is -3.02. The molecule has 1 atom stereocenters. The molecule has 0 bridgehead atoms. The van der Waals surface area contributed by atoms with E-state index < -0.39 is 5.82 Å². The minimum absolute atomic E-state index is 0.0641. The van der Waals surface area contributed by atoms with E-state index in [9.17, 15) is 8.78 Å². The van der Waals surface area contributed by atoms with Crippen molar-refractivity contribution in [3.63, 3.8) is 0 Å². The summed E-state index contributed by atoms with van der Waals surface area (Å²) in [6, 6.07) is 9.03. The maximum Gasteiger partial charge on any atom is 0.147 e. The Balaban J connectivity index is 1.89. The molecule has 0 amide bonds. The van der Waals surface area contributed by atoms with Crippen LogP contribution in [0.4, 0.5) is 14.5 Å². The van der Waals surface area contributed by atoms with E-state index in [0.29, 0.717) is 17.9 Å². The monoisotopic (exact) mass is 340 g/mol. The van der Waals surface area contributed by atoms with E-state index >= 15 is 0 Å². The molecular formula is C19H18F2N4. The zero-order chi connectivity index (χ0) is 18.0. The predicted octanol–water partition coefficient (Wildman–Crippen LogP) is 3.37. The number of aliphatic imine (C=N–C) groups is 1. The van der Waals surface area contributed by atoms with Crippen molar-refractivity contribution < 1.29 is 8.78 Å². The van der Waals surface area contributed by atoms with Crippen LogP contribution in [0.15, 0.2) is 47.5 Å². The fourth-order valence-corrected chi connectivity index (χ4v) is 2.55. The van der Waals surface area contributed by atoms with E-state index in [4.69, 9.17) is 11.1 Å². The SMILES string of the molecule is CC1CN=C(c2cc(F)c(N)c(C(=N)/C=C/c3ccc(F)cc3)c2)N1. The van der Waals surface area contributed by atoms with E-state index in [0.717, 1.165) is 5.56 Å². The average Bonchev–Trinajstić information content (AvgIpc) is 3.03. The van der Waals surface area contributed by atoms with E-state index in [1.165, 1.54) is 24.3 Å². The molecule has 1 aliphatic heterocycles. The topological polar surface area (TPSA) is 74.3 Å². The van der Waals surface area contributed by atoms with Crippen LogP contribution in [0.1, 0.15) is 23.6 Å². The molecule has 2 aromatic carbocycles. The number of rotatable bonds is 4. The first-order valence-electron chi connectivity index (χ1n) is 7.87. The molecule has 0 aliphatic carbocycles. The van der Waals surface area contributed by atoms with Gasteiger partial charge in [0.05, 0.1) is 17.9 Å². The molecule has 4 nitrogen and oxygen atoms in total. The van der Waals surface area contributed by atoms with Gasteiger partial charge < -0.3 is 16.5 Å². The third-order valence-corrected chi connectivity index (χ3v) is 3.91. The number of halogens is 2. The van der Waals surface area contributed by atoms with Crippen molar-refractivity contribution in [1.29, 1.82) is 5.41 Å². The largest absolute Gasteiger partial charge is 0.396 e. The van der Waals surface area contributed by atoms with Crippen molar-refractivity contribution in [1.82, 2.24) is 5.32 Å². The summed E-state index contributed by atoms with van der Waals surface area (Å²) < 4.78 is 27.1. The summed E-state index contributed by atoms with van der Waals surface area (Å²) >= 11 is 0. The van der Waals surface area contributed by atoms with Crippen molar-refractivity contribution in [2.75, 3.05) is 12.3 Å². The van der Waals surface area contributed by atoms with Crippen LogP contribution in [0.3, 0.4) is 0 Å². The highest BCUT2D eigenvalue weighted by atomic mass is 19.1. The minimum Gasteiger partial charge on any atom is -0.396 e. The van der Waals surface area contributed by atoms with Gasteiger partial charge in [-0.2, -0.15) is 0 Å². The Kier molecular flexibility index (Phi) is 4.61. The minimum atomic E-state index is -0.587. The molecule has 0 radical (unpaired) electrons. The molecule has 2 aromatic rings. The Labute approximate surface area is 144 Å². The van der Waals surface area contributed by atoms with Gasteiger partial charge in [-0.05, 0) is 42.8 Å². The lowest BCUT2D eigenvalue weighted by atomic mass is 10.0. The molecule has 0 spiro atoms. The number of amidine groups is 1.